The van der Waals surface area contributed by atoms with Crippen LogP contribution in [0.2, 0.25) is 0 Å². The van der Waals surface area contributed by atoms with Crippen molar-refractivity contribution in [2.45, 2.75) is 151 Å². The molecule has 0 unspecified atom stereocenters. The van der Waals surface area contributed by atoms with Gasteiger partial charge in [0, 0.05) is 72.9 Å². The molecule has 0 aliphatic carbocycles. The Balaban J connectivity index is 0.875. The van der Waals surface area contributed by atoms with Gasteiger partial charge in [0.15, 0.2) is 18.7 Å². The first-order chi connectivity index (χ1) is 47.3. The highest BCUT2D eigenvalue weighted by molar-refractivity contribution is 6.02. The summed E-state index contributed by atoms with van der Waals surface area (Å²) in [6.07, 6.45) is -19.3. The zero-order chi connectivity index (χ0) is 69.7. The van der Waals surface area contributed by atoms with E-state index in [9.17, 15) is 66.1 Å². The maximum absolute atomic E-state index is 15.1. The molecule has 1 spiro atoms. The Hall–Kier alpha value is -7.34. The van der Waals surface area contributed by atoms with E-state index in [1.165, 1.54) is 18.6 Å². The molecule has 98 heavy (non-hydrogen) atoms. The summed E-state index contributed by atoms with van der Waals surface area (Å²) in [4.78, 5) is 36.0. The van der Waals surface area contributed by atoms with Crippen molar-refractivity contribution >= 4 is 23.2 Å². The van der Waals surface area contributed by atoms with Gasteiger partial charge in [-0.25, -0.2) is 14.0 Å². The fraction of sp³-hybridized carbons (Fsp3) is 0.587. The Bertz CT molecular complexity index is 3390. The molecule has 3 aromatic carbocycles. The van der Waals surface area contributed by atoms with Gasteiger partial charge in [-0.1, -0.05) is 46.0 Å². The van der Waals surface area contributed by atoms with E-state index in [1.807, 2.05) is 54.6 Å². The third-order valence-corrected chi connectivity index (χ3v) is 18.4. The first kappa shape index (κ1) is 71.9. The Morgan fingerprint density at radius 2 is 0.939 bits per heavy atom. The topological polar surface area (TPSA) is 465 Å². The van der Waals surface area contributed by atoms with Gasteiger partial charge < -0.3 is 119 Å². The highest BCUT2D eigenvalue weighted by atomic mass is 16.6. The number of amides is 2. The van der Waals surface area contributed by atoms with E-state index in [1.54, 1.807) is 11.0 Å². The summed E-state index contributed by atoms with van der Waals surface area (Å²) in [6.45, 7) is 5.84. The van der Waals surface area contributed by atoms with Crippen LogP contribution in [0.5, 0.6) is 11.5 Å². The van der Waals surface area contributed by atoms with Crippen molar-refractivity contribution in [3.63, 3.8) is 0 Å². The number of benzene rings is 3. The number of nitrogens with zero attached hydrogens (tertiary/aromatic N) is 12. The number of anilines is 2. The molecule has 0 radical (unpaired) electrons. The highest BCUT2D eigenvalue weighted by Crippen LogP contribution is 2.58. The minimum absolute atomic E-state index is 0.0346. The van der Waals surface area contributed by atoms with Gasteiger partial charge in [0.25, 0.3) is 5.91 Å². The minimum atomic E-state index is -1.74. The average Bonchev–Trinajstić information content (AvgIpc) is 1.47. The smallest absolute Gasteiger partial charge is 0.255 e. The van der Waals surface area contributed by atoms with Crippen molar-refractivity contribution in [2.24, 2.45) is 0 Å². The Kier molecular flexibility index (Phi) is 22.8. The van der Waals surface area contributed by atoms with Crippen LogP contribution in [0, 0.1) is 0 Å². The van der Waals surface area contributed by atoms with Gasteiger partial charge in [-0.2, -0.15) is 0 Å². The molecule has 3 aromatic heterocycles. The predicted molar refractivity (Wildman–Crippen MR) is 335 cm³/mol. The van der Waals surface area contributed by atoms with Gasteiger partial charge in [0.1, 0.15) is 120 Å². The molecule has 6 aromatic rings. The molecule has 8 heterocycles. The quantitative estimate of drug-likeness (QED) is 0.0194. The van der Waals surface area contributed by atoms with E-state index < -0.39 is 155 Å². The van der Waals surface area contributed by atoms with Crippen LogP contribution in [0.1, 0.15) is 90.5 Å². The van der Waals surface area contributed by atoms with E-state index in [-0.39, 0.29) is 56.0 Å². The summed E-state index contributed by atoms with van der Waals surface area (Å²) in [5.74, 6) is 0.100. The Labute approximate surface area is 561 Å². The number of hydrogen-bond acceptors (Lipinski definition) is 30. The van der Waals surface area contributed by atoms with Crippen molar-refractivity contribution in [2.75, 3.05) is 95.4 Å². The van der Waals surface area contributed by atoms with Crippen LogP contribution in [0.15, 0.2) is 79.3 Å². The SMILES string of the molecule is CCN(CC)c1ccc2c(c1)Oc1cc(N(CC)CC)ccc1C21c2ccccc2C(=O)N1CCOCC(=O)NC(COCc1cn([C@@H]2O[C@H](CO)[C@@H](O)[C@H](O)[C@H]2O)nn1)(COCc1cn([C@@H]2O[C@H](CO)[C@@H](O)[C@H](O)[C@H]2O)nn1)COCc1cn([C@@H]2O[C@H](CO)[C@@H](O)[C@H](O)[C@H]2O)nn1. The van der Waals surface area contributed by atoms with E-state index >= 15 is 4.79 Å². The monoisotopic (exact) mass is 1380 g/mol. The van der Waals surface area contributed by atoms with Crippen molar-refractivity contribution in [3.8, 4) is 11.5 Å². The van der Waals surface area contributed by atoms with Gasteiger partial charge in [0.2, 0.25) is 5.91 Å². The average molecular weight is 1380 g/mol. The maximum Gasteiger partial charge on any atom is 0.255 e. The van der Waals surface area contributed by atoms with Gasteiger partial charge in [0.05, 0.1) is 84.7 Å². The molecule has 0 bridgehead atoms. The molecule has 534 valence electrons. The summed E-state index contributed by atoms with van der Waals surface area (Å²) in [5, 5.41) is 152. The van der Waals surface area contributed by atoms with Crippen molar-refractivity contribution in [1.82, 2.24) is 55.2 Å². The molecule has 15 atom stereocenters. The zero-order valence-corrected chi connectivity index (χ0v) is 54.3. The van der Waals surface area contributed by atoms with Gasteiger partial charge in [-0.05, 0) is 51.5 Å². The molecule has 0 saturated carbocycles. The molecular formula is C63H85N13O22. The summed E-state index contributed by atoms with van der Waals surface area (Å²) in [7, 11) is 0. The third-order valence-electron chi connectivity index (χ3n) is 18.4. The van der Waals surface area contributed by atoms with Crippen molar-refractivity contribution in [1.29, 1.82) is 0 Å². The van der Waals surface area contributed by atoms with Crippen LogP contribution >= 0.6 is 0 Å². The molecule has 3 saturated heterocycles. The first-order valence-electron chi connectivity index (χ1n) is 32.4. The third kappa shape index (κ3) is 14.1. The lowest BCUT2D eigenvalue weighted by Gasteiger charge is -2.44. The normalized spacial score (nSPS) is 27.4. The molecule has 3 fully saturated rings. The standard InChI is InChI=1S/C63H85N13O22/c1-5-71(6-2)37-13-15-41-43(19-37)95-44-20-38(72(7-3)8-4)14-16-42(44)63(41)40-12-10-9-11-39(40)58(90)73(63)17-18-91-30-48(80)64-62(31-92-27-34-21-74(68-65-34)59-55(87)52(84)49(81)45(24-77)96-59,32-93-28-35-22-75(69-66-35)60-56(88)53(85)50(82)46(25-78)97-60)33-94-29-36-23-76(70-67-36)61-57(89)54(86)51(83)47(26-79)98-61/h9-16,19-23,45-47,49-57,59-61,77-79,81-89H,5-8,17-18,24-33H2,1-4H3,(H,64,80)/t45-,46-,47-,49-,50-,51-,52+,53+,54+,55-,56-,57-,59-,60-,61-/m1/s1. The van der Waals surface area contributed by atoms with Gasteiger partial charge in [-0.15, -0.1) is 15.3 Å². The van der Waals surface area contributed by atoms with Crippen LogP contribution in [0.4, 0.5) is 11.4 Å². The minimum Gasteiger partial charge on any atom is -0.456 e. The molecule has 5 aliphatic rings. The van der Waals surface area contributed by atoms with Crippen LogP contribution in [-0.4, -0.2) is 287 Å². The van der Waals surface area contributed by atoms with Crippen LogP contribution in [0.3, 0.4) is 0 Å². The van der Waals surface area contributed by atoms with Crippen LogP contribution < -0.4 is 19.9 Å². The van der Waals surface area contributed by atoms with Gasteiger partial charge >= 0.3 is 0 Å². The summed E-state index contributed by atoms with van der Waals surface area (Å²) >= 11 is 0. The van der Waals surface area contributed by atoms with Crippen LogP contribution in [-0.2, 0) is 63.3 Å². The van der Waals surface area contributed by atoms with E-state index in [2.05, 4.69) is 73.7 Å². The van der Waals surface area contributed by atoms with Crippen LogP contribution in [0.25, 0.3) is 0 Å². The fourth-order valence-electron chi connectivity index (χ4n) is 13.3. The lowest BCUT2D eigenvalue weighted by molar-refractivity contribution is -0.254. The number of aromatic nitrogens is 9. The molecule has 2 amide bonds. The number of hydrogen-bond donors (Lipinski definition) is 13. The second-order valence-corrected chi connectivity index (χ2v) is 24.6. The number of fused-ring (bicyclic) bond motifs is 6. The molecular weight excluding hydrogens is 1290 g/mol. The number of carbonyl (C=O) groups is 2. The second kappa shape index (κ2) is 31.0. The molecule has 35 heteroatoms. The lowest BCUT2D eigenvalue weighted by Crippen LogP contribution is -2.59. The maximum atomic E-state index is 15.1. The number of ether oxygens (including phenoxy) is 8. The molecule has 11 rings (SSSR count). The second-order valence-electron chi connectivity index (χ2n) is 24.6. The zero-order valence-electron chi connectivity index (χ0n) is 54.3. The van der Waals surface area contributed by atoms with E-state index in [0.717, 1.165) is 68.3 Å². The molecule has 13 N–H and O–H groups in total. The van der Waals surface area contributed by atoms with Crippen molar-refractivity contribution < 1.29 is 109 Å². The van der Waals surface area contributed by atoms with Gasteiger partial charge in [-0.3, -0.25) is 9.59 Å². The van der Waals surface area contributed by atoms with E-state index in [4.69, 9.17) is 37.9 Å². The summed E-state index contributed by atoms with van der Waals surface area (Å²) < 4.78 is 52.2. The summed E-state index contributed by atoms with van der Waals surface area (Å²) in [5.41, 5.74) is 1.92. The number of rotatable bonds is 30. The Morgan fingerprint density at radius 1 is 0.541 bits per heavy atom. The number of nitrogens with one attached hydrogen (secondary N) is 1. The number of aliphatic hydroxyl groups excluding tert-OH is 12. The molecule has 5 aliphatic heterocycles. The fourth-order valence-corrected chi connectivity index (χ4v) is 13.3. The Morgan fingerprint density at radius 3 is 1.33 bits per heavy atom. The predicted octanol–water partition coefficient (Wildman–Crippen LogP) is -3.55. The van der Waals surface area contributed by atoms with Crippen molar-refractivity contribution in [3.05, 3.63) is 119 Å². The highest BCUT2D eigenvalue weighted by Gasteiger charge is 2.57. The largest absolute Gasteiger partial charge is 0.456 e. The lowest BCUT2D eigenvalue weighted by atomic mass is 9.74. The number of aliphatic hydroxyl groups is 12. The summed E-state index contributed by atoms with van der Waals surface area (Å²) in [6, 6.07) is 19.5. The molecule has 35 nitrogen and oxygen atoms in total. The van der Waals surface area contributed by atoms with E-state index in [0.29, 0.717) is 17.1 Å². The first-order valence-corrected chi connectivity index (χ1v) is 32.4. The number of carbonyl (C=O) groups excluding carboxylic acids is 2.